The van der Waals surface area contributed by atoms with E-state index >= 15 is 0 Å². The highest BCUT2D eigenvalue weighted by molar-refractivity contribution is 5.29. The Balaban J connectivity index is 1.76. The first kappa shape index (κ1) is 11.1. The van der Waals surface area contributed by atoms with Gasteiger partial charge in [0, 0.05) is 31.7 Å². The van der Waals surface area contributed by atoms with E-state index in [0.29, 0.717) is 11.6 Å². The third kappa shape index (κ3) is 3.28. The van der Waals surface area contributed by atoms with Crippen molar-refractivity contribution in [2.45, 2.75) is 13.0 Å². The molecule has 0 spiro atoms. The van der Waals surface area contributed by atoms with Crippen LogP contribution in [0, 0.1) is 11.3 Å². The number of anilines is 1. The number of hydrogen-bond donors (Lipinski definition) is 1. The lowest BCUT2D eigenvalue weighted by atomic mass is 10.4. The van der Waals surface area contributed by atoms with E-state index in [0.717, 1.165) is 19.5 Å². The van der Waals surface area contributed by atoms with Gasteiger partial charge in [-0.3, -0.25) is 4.68 Å². The second-order valence-electron chi connectivity index (χ2n) is 3.43. The van der Waals surface area contributed by atoms with Gasteiger partial charge in [0.05, 0.1) is 0 Å². The molecule has 2 aromatic heterocycles. The molecular weight excluding hydrogens is 216 g/mol. The van der Waals surface area contributed by atoms with E-state index in [4.69, 9.17) is 5.26 Å². The Labute approximate surface area is 98.9 Å². The Morgan fingerprint density at radius 3 is 3.12 bits per heavy atom. The number of aromatic nitrogens is 4. The summed E-state index contributed by atoms with van der Waals surface area (Å²) in [5, 5.41) is 15.8. The lowest BCUT2D eigenvalue weighted by molar-refractivity contribution is 0.591. The summed E-state index contributed by atoms with van der Waals surface area (Å²) < 4.78 is 1.87. The largest absolute Gasteiger partial charge is 0.354 e. The quantitative estimate of drug-likeness (QED) is 0.774. The van der Waals surface area contributed by atoms with Gasteiger partial charge in [0.25, 0.3) is 0 Å². The molecule has 6 heteroatoms. The molecule has 0 bridgehead atoms. The predicted octanol–water partition coefficient (Wildman–Crippen LogP) is 1.05. The van der Waals surface area contributed by atoms with Crippen molar-refractivity contribution in [3.8, 4) is 6.07 Å². The molecule has 0 aliphatic heterocycles. The highest BCUT2D eigenvalue weighted by atomic mass is 15.3. The van der Waals surface area contributed by atoms with Crippen molar-refractivity contribution in [3.05, 3.63) is 36.4 Å². The van der Waals surface area contributed by atoms with E-state index < -0.39 is 0 Å². The van der Waals surface area contributed by atoms with Gasteiger partial charge in [0.15, 0.2) is 0 Å². The minimum Gasteiger partial charge on any atom is -0.354 e. The molecule has 86 valence electrons. The summed E-state index contributed by atoms with van der Waals surface area (Å²) in [6.45, 7) is 1.59. The molecule has 0 aliphatic rings. The molecule has 0 saturated carbocycles. The van der Waals surface area contributed by atoms with Gasteiger partial charge in [-0.25, -0.2) is 9.97 Å². The zero-order valence-corrected chi connectivity index (χ0v) is 9.24. The van der Waals surface area contributed by atoms with Gasteiger partial charge in [-0.15, -0.1) is 0 Å². The highest BCUT2D eigenvalue weighted by Gasteiger charge is 1.97. The lowest BCUT2D eigenvalue weighted by Gasteiger charge is -2.04. The fraction of sp³-hybridized carbons (Fsp3) is 0.273. The van der Waals surface area contributed by atoms with Crippen LogP contribution < -0.4 is 5.32 Å². The third-order valence-electron chi connectivity index (χ3n) is 2.18. The summed E-state index contributed by atoms with van der Waals surface area (Å²) in [6, 6.07) is 5.45. The van der Waals surface area contributed by atoms with Crippen molar-refractivity contribution in [3.63, 3.8) is 0 Å². The highest BCUT2D eigenvalue weighted by Crippen LogP contribution is 1.99. The SMILES string of the molecule is N#Cc1ccnc(NCCCn2cccn2)n1. The van der Waals surface area contributed by atoms with Crippen molar-refractivity contribution in [2.24, 2.45) is 0 Å². The number of aryl methyl sites for hydroxylation is 1. The molecule has 0 fully saturated rings. The van der Waals surface area contributed by atoms with E-state index in [-0.39, 0.29) is 0 Å². The van der Waals surface area contributed by atoms with Gasteiger partial charge in [-0.2, -0.15) is 10.4 Å². The van der Waals surface area contributed by atoms with Crippen LogP contribution in [-0.4, -0.2) is 26.3 Å². The minimum atomic E-state index is 0.370. The molecule has 0 aliphatic carbocycles. The molecule has 0 saturated heterocycles. The van der Waals surface area contributed by atoms with Gasteiger partial charge in [0.2, 0.25) is 5.95 Å². The molecule has 0 radical (unpaired) electrons. The minimum absolute atomic E-state index is 0.370. The van der Waals surface area contributed by atoms with Crippen LogP contribution in [0.25, 0.3) is 0 Å². The first-order valence-corrected chi connectivity index (χ1v) is 5.33. The molecule has 2 aromatic rings. The zero-order chi connectivity index (χ0) is 11.9. The van der Waals surface area contributed by atoms with E-state index in [1.165, 1.54) is 0 Å². The van der Waals surface area contributed by atoms with Gasteiger partial charge < -0.3 is 5.32 Å². The summed E-state index contributed by atoms with van der Waals surface area (Å²) in [7, 11) is 0. The lowest BCUT2D eigenvalue weighted by Crippen LogP contribution is -2.09. The molecule has 0 atom stereocenters. The van der Waals surface area contributed by atoms with Crippen molar-refractivity contribution >= 4 is 5.95 Å². The zero-order valence-electron chi connectivity index (χ0n) is 9.24. The topological polar surface area (TPSA) is 79.4 Å². The fourth-order valence-corrected chi connectivity index (χ4v) is 1.38. The Kier molecular flexibility index (Phi) is 3.65. The van der Waals surface area contributed by atoms with Crippen LogP contribution >= 0.6 is 0 Å². The van der Waals surface area contributed by atoms with Crippen molar-refractivity contribution in [1.29, 1.82) is 5.26 Å². The van der Waals surface area contributed by atoms with E-state index in [1.54, 1.807) is 18.5 Å². The third-order valence-corrected chi connectivity index (χ3v) is 2.18. The molecule has 2 rings (SSSR count). The van der Waals surface area contributed by atoms with Crippen LogP contribution in [0.4, 0.5) is 5.95 Å². The Morgan fingerprint density at radius 2 is 2.35 bits per heavy atom. The first-order valence-electron chi connectivity index (χ1n) is 5.33. The summed E-state index contributed by atoms with van der Waals surface area (Å²) >= 11 is 0. The molecule has 17 heavy (non-hydrogen) atoms. The Hall–Kier alpha value is -2.42. The maximum absolute atomic E-state index is 8.68. The average molecular weight is 228 g/mol. The summed E-state index contributed by atoms with van der Waals surface area (Å²) in [4.78, 5) is 8.05. The molecule has 2 heterocycles. The van der Waals surface area contributed by atoms with Crippen LogP contribution in [-0.2, 0) is 6.54 Å². The van der Waals surface area contributed by atoms with Gasteiger partial charge >= 0.3 is 0 Å². The monoisotopic (exact) mass is 228 g/mol. The second-order valence-corrected chi connectivity index (χ2v) is 3.43. The molecule has 0 aromatic carbocycles. The normalized spacial score (nSPS) is 9.82. The van der Waals surface area contributed by atoms with E-state index in [9.17, 15) is 0 Å². The maximum Gasteiger partial charge on any atom is 0.223 e. The number of nitriles is 1. The fourth-order valence-electron chi connectivity index (χ4n) is 1.38. The smallest absolute Gasteiger partial charge is 0.223 e. The molecule has 0 unspecified atom stereocenters. The van der Waals surface area contributed by atoms with Crippen molar-refractivity contribution in [2.75, 3.05) is 11.9 Å². The van der Waals surface area contributed by atoms with Gasteiger partial charge in [0.1, 0.15) is 11.8 Å². The van der Waals surface area contributed by atoms with Crippen LogP contribution in [0.3, 0.4) is 0 Å². The average Bonchev–Trinajstić information content (AvgIpc) is 2.88. The maximum atomic E-state index is 8.68. The summed E-state index contributed by atoms with van der Waals surface area (Å²) in [5.41, 5.74) is 0.370. The summed E-state index contributed by atoms with van der Waals surface area (Å²) in [6.07, 6.45) is 6.17. The number of rotatable bonds is 5. The molecule has 6 nitrogen and oxygen atoms in total. The molecule has 0 amide bonds. The van der Waals surface area contributed by atoms with Crippen molar-refractivity contribution < 1.29 is 0 Å². The Morgan fingerprint density at radius 1 is 1.41 bits per heavy atom. The van der Waals surface area contributed by atoms with Crippen LogP contribution in [0.2, 0.25) is 0 Å². The van der Waals surface area contributed by atoms with Gasteiger partial charge in [-0.1, -0.05) is 0 Å². The van der Waals surface area contributed by atoms with Gasteiger partial charge in [-0.05, 0) is 18.6 Å². The van der Waals surface area contributed by atoms with Crippen LogP contribution in [0.15, 0.2) is 30.7 Å². The number of nitrogens with zero attached hydrogens (tertiary/aromatic N) is 5. The first-order chi connectivity index (χ1) is 8.38. The standard InChI is InChI=1S/C11H12N6/c12-9-10-3-6-14-11(16-10)13-4-1-7-17-8-2-5-15-17/h2-3,5-6,8H,1,4,7H2,(H,13,14,16). The van der Waals surface area contributed by atoms with Crippen LogP contribution in [0.5, 0.6) is 0 Å². The molecular formula is C11H12N6. The Bertz CT molecular complexity index is 499. The van der Waals surface area contributed by atoms with E-state index in [2.05, 4.69) is 20.4 Å². The number of nitrogens with one attached hydrogen (secondary N) is 1. The van der Waals surface area contributed by atoms with Crippen LogP contribution in [0.1, 0.15) is 12.1 Å². The summed E-state index contributed by atoms with van der Waals surface area (Å²) in [5.74, 6) is 0.490. The second kappa shape index (κ2) is 5.61. The van der Waals surface area contributed by atoms with Crippen molar-refractivity contribution in [1.82, 2.24) is 19.7 Å². The van der Waals surface area contributed by atoms with E-state index in [1.807, 2.05) is 23.0 Å². The molecule has 1 N–H and O–H groups in total. The predicted molar refractivity (Wildman–Crippen MR) is 62.1 cm³/mol. The number of hydrogen-bond acceptors (Lipinski definition) is 5.